The minimum atomic E-state index is -0.318. The average molecular weight is 263 g/mol. The monoisotopic (exact) mass is 262 g/mol. The van der Waals surface area contributed by atoms with Crippen LogP contribution in [0.2, 0.25) is 0 Å². The number of carbonyl (C=O) groups is 1. The molecule has 0 spiro atoms. The normalized spacial score (nSPS) is 11.5. The van der Waals surface area contributed by atoms with Crippen molar-refractivity contribution in [2.45, 2.75) is 32.3 Å². The van der Waals surface area contributed by atoms with Crippen LogP contribution in [-0.2, 0) is 15.4 Å². The Hall–Kier alpha value is -0.650. The molecule has 1 rings (SSSR count). The number of thiazole rings is 1. The maximum atomic E-state index is 11.5. The van der Waals surface area contributed by atoms with Gasteiger partial charge in [0, 0.05) is 5.38 Å². The highest BCUT2D eigenvalue weighted by Crippen LogP contribution is 2.16. The highest BCUT2D eigenvalue weighted by atomic mass is 35.5. The largest absolute Gasteiger partial charge is 0.366 e. The van der Waals surface area contributed by atoms with Crippen molar-refractivity contribution in [3.05, 3.63) is 11.1 Å². The van der Waals surface area contributed by atoms with Crippen molar-refractivity contribution < 1.29 is 9.53 Å². The zero-order valence-electron chi connectivity index (χ0n) is 9.54. The van der Waals surface area contributed by atoms with Gasteiger partial charge in [-0.15, -0.1) is 22.9 Å². The third-order valence-corrected chi connectivity index (χ3v) is 2.65. The van der Waals surface area contributed by atoms with Crippen molar-refractivity contribution in [1.82, 2.24) is 4.98 Å². The first kappa shape index (κ1) is 13.4. The molecule has 0 unspecified atom stereocenters. The molecular formula is C10H15ClN2O2S. The molecule has 0 atom stereocenters. The lowest BCUT2D eigenvalue weighted by Gasteiger charge is -2.18. The third-order valence-electron chi connectivity index (χ3n) is 1.57. The van der Waals surface area contributed by atoms with Gasteiger partial charge in [-0.2, -0.15) is 0 Å². The van der Waals surface area contributed by atoms with Crippen LogP contribution in [0.5, 0.6) is 0 Å². The topological polar surface area (TPSA) is 51.2 Å². The lowest BCUT2D eigenvalue weighted by molar-refractivity contribution is -0.125. The van der Waals surface area contributed by atoms with Crippen LogP contribution >= 0.6 is 22.9 Å². The maximum Gasteiger partial charge on any atom is 0.252 e. The third kappa shape index (κ3) is 4.92. The van der Waals surface area contributed by atoms with E-state index in [4.69, 9.17) is 16.3 Å². The van der Waals surface area contributed by atoms with E-state index >= 15 is 0 Å². The molecule has 0 fully saturated rings. The van der Waals surface area contributed by atoms with E-state index in [-0.39, 0.29) is 18.1 Å². The zero-order valence-corrected chi connectivity index (χ0v) is 11.1. The molecule has 6 heteroatoms. The Bertz CT molecular complexity index is 360. The maximum absolute atomic E-state index is 11.5. The van der Waals surface area contributed by atoms with Crippen molar-refractivity contribution in [2.75, 3.05) is 11.9 Å². The highest BCUT2D eigenvalue weighted by molar-refractivity contribution is 7.13. The Kier molecular flexibility index (Phi) is 4.70. The van der Waals surface area contributed by atoms with Gasteiger partial charge in [0.05, 0.1) is 17.2 Å². The first-order valence-corrected chi connectivity index (χ1v) is 6.26. The highest BCUT2D eigenvalue weighted by Gasteiger charge is 2.13. The van der Waals surface area contributed by atoms with Crippen molar-refractivity contribution in [3.8, 4) is 0 Å². The number of aromatic nitrogens is 1. The summed E-state index contributed by atoms with van der Waals surface area (Å²) in [7, 11) is 0. The second kappa shape index (κ2) is 5.61. The first-order valence-electron chi connectivity index (χ1n) is 4.85. The Morgan fingerprint density at radius 2 is 2.31 bits per heavy atom. The second-order valence-electron chi connectivity index (χ2n) is 4.23. The number of hydrogen-bond acceptors (Lipinski definition) is 4. The van der Waals surface area contributed by atoms with E-state index in [0.717, 1.165) is 5.69 Å². The molecular weight excluding hydrogens is 248 g/mol. The number of amides is 1. The molecule has 90 valence electrons. The van der Waals surface area contributed by atoms with E-state index in [1.54, 1.807) is 0 Å². The molecule has 1 heterocycles. The van der Waals surface area contributed by atoms with Gasteiger partial charge in [0.25, 0.3) is 5.91 Å². The quantitative estimate of drug-likeness (QED) is 0.849. The fourth-order valence-electron chi connectivity index (χ4n) is 0.863. The van der Waals surface area contributed by atoms with E-state index in [1.165, 1.54) is 11.3 Å². The number of alkyl halides is 1. The number of ether oxygens (including phenoxy) is 1. The van der Waals surface area contributed by atoms with Crippen LogP contribution < -0.4 is 5.32 Å². The summed E-state index contributed by atoms with van der Waals surface area (Å²) in [6, 6.07) is 0. The van der Waals surface area contributed by atoms with Gasteiger partial charge in [-0.1, -0.05) is 0 Å². The van der Waals surface area contributed by atoms with Gasteiger partial charge >= 0.3 is 0 Å². The molecule has 0 aliphatic carbocycles. The van der Waals surface area contributed by atoms with Gasteiger partial charge in [-0.3, -0.25) is 10.1 Å². The Labute approximate surface area is 104 Å². The second-order valence-corrected chi connectivity index (χ2v) is 5.35. The van der Waals surface area contributed by atoms with Crippen molar-refractivity contribution in [2.24, 2.45) is 0 Å². The molecule has 0 aromatic carbocycles. The number of carbonyl (C=O) groups excluding carboxylic acids is 1. The first-order chi connectivity index (χ1) is 7.40. The molecule has 1 aromatic heterocycles. The fraction of sp³-hybridized carbons (Fsp3) is 0.600. The predicted octanol–water partition coefficient (Wildman–Crippen LogP) is 2.64. The molecule has 1 aromatic rings. The minimum absolute atomic E-state index is 0.0271. The molecule has 0 aliphatic rings. The van der Waals surface area contributed by atoms with E-state index in [9.17, 15) is 4.79 Å². The van der Waals surface area contributed by atoms with Gasteiger partial charge in [0.1, 0.15) is 6.61 Å². The van der Waals surface area contributed by atoms with Crippen LogP contribution in [-0.4, -0.2) is 23.1 Å². The molecule has 0 radical (unpaired) electrons. The van der Waals surface area contributed by atoms with Crippen LogP contribution in [0.4, 0.5) is 5.13 Å². The summed E-state index contributed by atoms with van der Waals surface area (Å²) < 4.78 is 5.34. The SMILES string of the molecule is CC(C)(C)OCC(=O)Nc1nc(CCl)cs1. The van der Waals surface area contributed by atoms with Gasteiger partial charge in [0.15, 0.2) is 5.13 Å². The van der Waals surface area contributed by atoms with Crippen LogP contribution in [0.15, 0.2) is 5.38 Å². The number of anilines is 1. The predicted molar refractivity (Wildman–Crippen MR) is 66.0 cm³/mol. The zero-order chi connectivity index (χ0) is 12.2. The average Bonchev–Trinajstić information content (AvgIpc) is 2.61. The van der Waals surface area contributed by atoms with E-state index in [1.807, 2.05) is 26.2 Å². The number of nitrogens with zero attached hydrogens (tertiary/aromatic N) is 1. The molecule has 16 heavy (non-hydrogen) atoms. The van der Waals surface area contributed by atoms with Crippen LogP contribution in [0, 0.1) is 0 Å². The summed E-state index contributed by atoms with van der Waals surface area (Å²) >= 11 is 6.96. The van der Waals surface area contributed by atoms with E-state index in [0.29, 0.717) is 11.0 Å². The Morgan fingerprint density at radius 3 is 2.81 bits per heavy atom. The number of nitrogens with one attached hydrogen (secondary N) is 1. The number of hydrogen-bond donors (Lipinski definition) is 1. The van der Waals surface area contributed by atoms with Crippen molar-refractivity contribution in [1.29, 1.82) is 0 Å². The molecule has 0 saturated carbocycles. The lowest BCUT2D eigenvalue weighted by atomic mass is 10.2. The summed E-state index contributed by atoms with van der Waals surface area (Å²) in [5.41, 5.74) is 0.445. The van der Waals surface area contributed by atoms with Crippen LogP contribution in [0.25, 0.3) is 0 Å². The summed E-state index contributed by atoms with van der Waals surface area (Å²) in [5, 5.41) is 5.02. The molecule has 1 amide bonds. The molecule has 0 bridgehead atoms. The molecule has 4 nitrogen and oxygen atoms in total. The minimum Gasteiger partial charge on any atom is -0.366 e. The summed E-state index contributed by atoms with van der Waals surface area (Å²) in [4.78, 5) is 15.6. The number of halogens is 1. The van der Waals surface area contributed by atoms with E-state index < -0.39 is 0 Å². The van der Waals surface area contributed by atoms with Crippen LogP contribution in [0.1, 0.15) is 26.5 Å². The summed E-state index contributed by atoms with van der Waals surface area (Å²) in [5.74, 6) is 0.149. The Balaban J connectivity index is 2.40. The summed E-state index contributed by atoms with van der Waals surface area (Å²) in [6.45, 7) is 5.72. The van der Waals surface area contributed by atoms with Crippen LogP contribution in [0.3, 0.4) is 0 Å². The molecule has 1 N–H and O–H groups in total. The molecule has 0 saturated heterocycles. The smallest absolute Gasteiger partial charge is 0.252 e. The fourth-order valence-corrected chi connectivity index (χ4v) is 1.82. The lowest BCUT2D eigenvalue weighted by Crippen LogP contribution is -2.27. The standard InChI is InChI=1S/C10H15ClN2O2S/c1-10(2,3)15-5-8(14)13-9-12-7(4-11)6-16-9/h6H,4-5H2,1-3H3,(H,12,13,14). The van der Waals surface area contributed by atoms with Gasteiger partial charge < -0.3 is 4.74 Å². The van der Waals surface area contributed by atoms with Crippen molar-refractivity contribution >= 4 is 34.0 Å². The Morgan fingerprint density at radius 1 is 1.62 bits per heavy atom. The van der Waals surface area contributed by atoms with Gasteiger partial charge in [0.2, 0.25) is 0 Å². The van der Waals surface area contributed by atoms with Gasteiger partial charge in [-0.05, 0) is 20.8 Å². The number of rotatable bonds is 4. The molecule has 0 aliphatic heterocycles. The van der Waals surface area contributed by atoms with Crippen molar-refractivity contribution in [3.63, 3.8) is 0 Å². The van der Waals surface area contributed by atoms with Gasteiger partial charge in [-0.25, -0.2) is 4.98 Å². The van der Waals surface area contributed by atoms with E-state index in [2.05, 4.69) is 10.3 Å². The summed E-state index contributed by atoms with van der Waals surface area (Å²) in [6.07, 6.45) is 0.